The number of aryl methyl sites for hydroxylation is 1. The summed E-state index contributed by atoms with van der Waals surface area (Å²) >= 11 is 6.07. The van der Waals surface area contributed by atoms with Crippen molar-refractivity contribution in [2.45, 2.75) is 26.8 Å². The van der Waals surface area contributed by atoms with Crippen LogP contribution in [0, 0.1) is 6.92 Å². The third-order valence-electron chi connectivity index (χ3n) is 5.15. The number of aromatic nitrogens is 3. The van der Waals surface area contributed by atoms with E-state index in [1.165, 1.54) is 0 Å². The molecule has 0 fully saturated rings. The number of imidazole rings is 1. The van der Waals surface area contributed by atoms with Crippen LogP contribution in [-0.2, 0) is 17.8 Å². The van der Waals surface area contributed by atoms with E-state index in [1.807, 2.05) is 77.9 Å². The molecule has 152 valence electrons. The lowest BCUT2D eigenvalue weighted by Gasteiger charge is -2.21. The molecule has 0 aliphatic heterocycles. The zero-order chi connectivity index (χ0) is 21.1. The molecule has 3 aromatic heterocycles. The molecular formula is C24H23ClN4O. The van der Waals surface area contributed by atoms with Gasteiger partial charge in [0.05, 0.1) is 17.8 Å². The highest BCUT2D eigenvalue weighted by Gasteiger charge is 2.20. The van der Waals surface area contributed by atoms with Crippen LogP contribution in [-0.4, -0.2) is 31.7 Å². The van der Waals surface area contributed by atoms with Crippen molar-refractivity contribution in [2.75, 3.05) is 6.54 Å². The molecule has 0 aliphatic carbocycles. The Morgan fingerprint density at radius 3 is 2.67 bits per heavy atom. The van der Waals surface area contributed by atoms with Crippen molar-refractivity contribution in [3.8, 4) is 11.3 Å². The van der Waals surface area contributed by atoms with Crippen LogP contribution < -0.4 is 0 Å². The lowest BCUT2D eigenvalue weighted by atomic mass is 10.1. The largest absolute Gasteiger partial charge is 0.338 e. The number of carbonyl (C=O) groups is 1. The van der Waals surface area contributed by atoms with E-state index in [-0.39, 0.29) is 12.3 Å². The van der Waals surface area contributed by atoms with Gasteiger partial charge in [-0.15, -0.1) is 0 Å². The van der Waals surface area contributed by atoms with Gasteiger partial charge in [-0.3, -0.25) is 9.78 Å². The number of fused-ring (bicyclic) bond motifs is 1. The molecule has 0 atom stereocenters. The Morgan fingerprint density at radius 1 is 1.17 bits per heavy atom. The molecular weight excluding hydrogens is 396 g/mol. The molecule has 0 saturated heterocycles. The third-order valence-corrected chi connectivity index (χ3v) is 5.40. The minimum absolute atomic E-state index is 0.0546. The number of rotatable bonds is 6. The maximum atomic E-state index is 13.2. The van der Waals surface area contributed by atoms with Gasteiger partial charge in [0.1, 0.15) is 5.65 Å². The number of benzene rings is 1. The second-order valence-electron chi connectivity index (χ2n) is 7.29. The van der Waals surface area contributed by atoms with Gasteiger partial charge < -0.3 is 9.30 Å². The topological polar surface area (TPSA) is 50.5 Å². The molecule has 1 aromatic carbocycles. The summed E-state index contributed by atoms with van der Waals surface area (Å²) in [6.07, 6.45) is 5.78. The Bertz CT molecular complexity index is 1170. The molecule has 4 aromatic rings. The van der Waals surface area contributed by atoms with Gasteiger partial charge in [0, 0.05) is 42.3 Å². The minimum Gasteiger partial charge on any atom is -0.338 e. The number of hydrogen-bond acceptors (Lipinski definition) is 3. The highest BCUT2D eigenvalue weighted by atomic mass is 35.5. The van der Waals surface area contributed by atoms with Crippen LogP contribution in [0.3, 0.4) is 0 Å². The molecule has 0 N–H and O–H groups in total. The number of nitrogens with zero attached hydrogens (tertiary/aromatic N) is 4. The van der Waals surface area contributed by atoms with Crippen molar-refractivity contribution in [3.63, 3.8) is 0 Å². The van der Waals surface area contributed by atoms with E-state index in [0.717, 1.165) is 33.7 Å². The van der Waals surface area contributed by atoms with Crippen LogP contribution in [0.4, 0.5) is 0 Å². The van der Waals surface area contributed by atoms with E-state index in [2.05, 4.69) is 4.98 Å². The molecule has 0 radical (unpaired) electrons. The second-order valence-corrected chi connectivity index (χ2v) is 7.73. The Labute approximate surface area is 181 Å². The van der Waals surface area contributed by atoms with Crippen LogP contribution in [0.2, 0.25) is 5.02 Å². The van der Waals surface area contributed by atoms with Crippen LogP contribution in [0.1, 0.15) is 23.7 Å². The SMILES string of the molecule is CCN(Cc1cccnc1)C(=O)Cc1c(-c2ccc(Cl)cc2)nc2cc(C)ccn12. The molecule has 0 unspecified atom stereocenters. The fraction of sp³-hybridized carbons (Fsp3) is 0.208. The average molecular weight is 419 g/mol. The number of halogens is 1. The van der Waals surface area contributed by atoms with E-state index in [9.17, 15) is 4.79 Å². The smallest absolute Gasteiger partial charge is 0.228 e. The lowest BCUT2D eigenvalue weighted by Crippen LogP contribution is -2.32. The van der Waals surface area contributed by atoms with Crippen LogP contribution in [0.25, 0.3) is 16.9 Å². The number of carbonyl (C=O) groups excluding carboxylic acids is 1. The minimum atomic E-state index is 0.0546. The predicted octanol–water partition coefficient (Wildman–Crippen LogP) is 4.95. The summed E-state index contributed by atoms with van der Waals surface area (Å²) in [5.41, 5.74) is 5.60. The summed E-state index contributed by atoms with van der Waals surface area (Å²) in [6.45, 7) is 5.19. The molecule has 0 aliphatic rings. The second kappa shape index (κ2) is 8.67. The number of amides is 1. The standard InChI is InChI=1S/C24H23ClN4O/c1-3-28(16-18-5-4-11-26-15-18)23(30)14-21-24(19-6-8-20(25)9-7-19)27-22-13-17(2)10-12-29(21)22/h4-13,15H,3,14,16H2,1-2H3. The van der Waals surface area contributed by atoms with Crippen LogP contribution >= 0.6 is 11.6 Å². The summed E-state index contributed by atoms with van der Waals surface area (Å²) < 4.78 is 2.01. The van der Waals surface area contributed by atoms with Crippen molar-refractivity contribution in [1.29, 1.82) is 0 Å². The first-order chi connectivity index (χ1) is 14.5. The number of pyridine rings is 2. The summed E-state index contributed by atoms with van der Waals surface area (Å²) in [6, 6.07) is 15.5. The monoisotopic (exact) mass is 418 g/mol. The third kappa shape index (κ3) is 4.21. The van der Waals surface area contributed by atoms with Crippen molar-refractivity contribution < 1.29 is 4.79 Å². The van der Waals surface area contributed by atoms with Gasteiger partial charge in [0.25, 0.3) is 0 Å². The molecule has 1 amide bonds. The quantitative estimate of drug-likeness (QED) is 0.445. The van der Waals surface area contributed by atoms with Gasteiger partial charge in [-0.25, -0.2) is 4.98 Å². The summed E-state index contributed by atoms with van der Waals surface area (Å²) in [4.78, 5) is 24.1. The van der Waals surface area contributed by atoms with E-state index in [4.69, 9.17) is 16.6 Å². The Kier molecular flexibility index (Phi) is 5.81. The first-order valence-electron chi connectivity index (χ1n) is 9.95. The summed E-state index contributed by atoms with van der Waals surface area (Å²) in [7, 11) is 0. The number of hydrogen-bond donors (Lipinski definition) is 0. The Balaban J connectivity index is 1.70. The summed E-state index contributed by atoms with van der Waals surface area (Å²) in [5.74, 6) is 0.0546. The fourth-order valence-electron chi connectivity index (χ4n) is 3.55. The average Bonchev–Trinajstić information content (AvgIpc) is 3.10. The molecule has 0 spiro atoms. The van der Waals surface area contributed by atoms with Gasteiger partial charge in [-0.05, 0) is 55.3 Å². The summed E-state index contributed by atoms with van der Waals surface area (Å²) in [5, 5.41) is 0.671. The molecule has 0 bridgehead atoms. The highest BCUT2D eigenvalue weighted by Crippen LogP contribution is 2.27. The van der Waals surface area contributed by atoms with Crippen molar-refractivity contribution >= 4 is 23.2 Å². The molecule has 6 heteroatoms. The van der Waals surface area contributed by atoms with Crippen molar-refractivity contribution in [2.24, 2.45) is 0 Å². The van der Waals surface area contributed by atoms with Crippen LogP contribution in [0.15, 0.2) is 67.1 Å². The molecule has 0 saturated carbocycles. The van der Waals surface area contributed by atoms with Crippen molar-refractivity contribution in [3.05, 3.63) is 89.0 Å². The molecule has 5 nitrogen and oxygen atoms in total. The maximum Gasteiger partial charge on any atom is 0.228 e. The zero-order valence-corrected chi connectivity index (χ0v) is 17.8. The van der Waals surface area contributed by atoms with E-state index in [0.29, 0.717) is 18.1 Å². The molecule has 4 rings (SSSR count). The van der Waals surface area contributed by atoms with Gasteiger partial charge in [0.15, 0.2) is 0 Å². The zero-order valence-electron chi connectivity index (χ0n) is 17.0. The van der Waals surface area contributed by atoms with Gasteiger partial charge in [0.2, 0.25) is 5.91 Å². The molecule has 30 heavy (non-hydrogen) atoms. The first kappa shape index (κ1) is 20.1. The fourth-order valence-corrected chi connectivity index (χ4v) is 3.67. The van der Waals surface area contributed by atoms with E-state index >= 15 is 0 Å². The number of likely N-dealkylation sites (N-methyl/N-ethyl adjacent to an activating group) is 1. The van der Waals surface area contributed by atoms with Gasteiger partial charge >= 0.3 is 0 Å². The van der Waals surface area contributed by atoms with Crippen LogP contribution in [0.5, 0.6) is 0 Å². The maximum absolute atomic E-state index is 13.2. The van der Waals surface area contributed by atoms with E-state index < -0.39 is 0 Å². The highest BCUT2D eigenvalue weighted by molar-refractivity contribution is 6.30. The van der Waals surface area contributed by atoms with Gasteiger partial charge in [-0.2, -0.15) is 0 Å². The van der Waals surface area contributed by atoms with E-state index in [1.54, 1.807) is 12.4 Å². The Hall–Kier alpha value is -3.18. The predicted molar refractivity (Wildman–Crippen MR) is 119 cm³/mol. The van der Waals surface area contributed by atoms with Gasteiger partial charge in [-0.1, -0.05) is 29.8 Å². The van der Waals surface area contributed by atoms with Crippen molar-refractivity contribution in [1.82, 2.24) is 19.3 Å². The first-order valence-corrected chi connectivity index (χ1v) is 10.3. The molecule has 3 heterocycles. The Morgan fingerprint density at radius 2 is 1.97 bits per heavy atom. The normalized spacial score (nSPS) is 11.0. The lowest BCUT2D eigenvalue weighted by molar-refractivity contribution is -0.130.